The predicted octanol–water partition coefficient (Wildman–Crippen LogP) is 5.19. The van der Waals surface area contributed by atoms with E-state index in [0.29, 0.717) is 0 Å². The highest BCUT2D eigenvalue weighted by atomic mass is 79.9. The van der Waals surface area contributed by atoms with Crippen LogP contribution in [0.2, 0.25) is 0 Å². The van der Waals surface area contributed by atoms with Crippen LogP contribution in [-0.2, 0) is 7.05 Å². The highest BCUT2D eigenvalue weighted by molar-refractivity contribution is 9.10. The first-order valence-corrected chi connectivity index (χ1v) is 10.0. The molecule has 0 aliphatic heterocycles. The fraction of sp³-hybridized carbons (Fsp3) is 0.167. The Morgan fingerprint density at radius 1 is 1.00 bits per heavy atom. The van der Waals surface area contributed by atoms with E-state index in [2.05, 4.69) is 62.0 Å². The Labute approximate surface area is 178 Å². The van der Waals surface area contributed by atoms with Crippen molar-refractivity contribution in [3.8, 4) is 34.4 Å². The lowest BCUT2D eigenvalue weighted by Crippen LogP contribution is -2.14. The van der Waals surface area contributed by atoms with Gasteiger partial charge in [0.15, 0.2) is 0 Å². The number of aromatic nitrogens is 3. The third-order valence-electron chi connectivity index (χ3n) is 4.52. The Bertz CT molecular complexity index is 1260. The van der Waals surface area contributed by atoms with E-state index in [0.717, 1.165) is 43.5 Å². The average molecular weight is 446 g/mol. The lowest BCUT2D eigenvalue weighted by molar-refractivity contribution is 0.143. The summed E-state index contributed by atoms with van der Waals surface area (Å²) in [6, 6.07) is 16.3. The smallest absolute Gasteiger partial charge is 0.120 e. The lowest BCUT2D eigenvalue weighted by atomic mass is 10.0. The van der Waals surface area contributed by atoms with Crippen molar-refractivity contribution < 1.29 is 5.11 Å². The van der Waals surface area contributed by atoms with Gasteiger partial charge in [0, 0.05) is 39.8 Å². The molecule has 0 bridgehead atoms. The number of imidazole rings is 1. The highest BCUT2D eigenvalue weighted by Crippen LogP contribution is 2.32. The van der Waals surface area contributed by atoms with Gasteiger partial charge in [-0.25, -0.2) is 4.98 Å². The molecule has 0 saturated heterocycles. The van der Waals surface area contributed by atoms with Gasteiger partial charge in [-0.15, -0.1) is 0 Å². The van der Waals surface area contributed by atoms with Gasteiger partial charge in [0.25, 0.3) is 0 Å². The van der Waals surface area contributed by atoms with E-state index in [1.165, 1.54) is 0 Å². The number of hydrogen-bond acceptors (Lipinski definition) is 3. The van der Waals surface area contributed by atoms with E-state index in [1.54, 1.807) is 20.0 Å². The van der Waals surface area contributed by atoms with E-state index in [9.17, 15) is 5.11 Å². The van der Waals surface area contributed by atoms with Gasteiger partial charge in [-0.3, -0.25) is 4.98 Å². The zero-order valence-corrected chi connectivity index (χ0v) is 18.0. The molecule has 0 saturated carbocycles. The molecule has 0 radical (unpaired) electrons. The van der Waals surface area contributed by atoms with Crippen LogP contribution in [0.5, 0.6) is 0 Å². The summed E-state index contributed by atoms with van der Waals surface area (Å²) in [5.41, 5.74) is 4.74. The quantitative estimate of drug-likeness (QED) is 0.432. The Morgan fingerprint density at radius 3 is 2.45 bits per heavy atom. The van der Waals surface area contributed by atoms with Crippen LogP contribution in [0.15, 0.2) is 65.5 Å². The molecule has 5 heteroatoms. The highest BCUT2D eigenvalue weighted by Gasteiger charge is 2.14. The second-order valence-electron chi connectivity index (χ2n) is 7.50. The molecule has 4 nitrogen and oxygen atoms in total. The number of fused-ring (bicyclic) bond motifs is 1. The standard InChI is InChI=1S/C24H20BrN3O/c1-24(2,29)11-10-16-12-19-13-18(6-9-21(19)26-14-16)23-22(27-15-28(23)3)17-4-7-20(25)8-5-17/h4-9,12-15,29H,1-3H3. The van der Waals surface area contributed by atoms with Crippen molar-refractivity contribution in [3.63, 3.8) is 0 Å². The summed E-state index contributed by atoms with van der Waals surface area (Å²) in [6.45, 7) is 3.33. The van der Waals surface area contributed by atoms with Gasteiger partial charge >= 0.3 is 0 Å². The van der Waals surface area contributed by atoms with Gasteiger partial charge in [-0.05, 0) is 44.2 Å². The summed E-state index contributed by atoms with van der Waals surface area (Å²) in [7, 11) is 2.00. The van der Waals surface area contributed by atoms with Crippen LogP contribution in [-0.4, -0.2) is 25.2 Å². The van der Waals surface area contributed by atoms with Gasteiger partial charge in [0.1, 0.15) is 5.60 Å². The maximum atomic E-state index is 9.84. The molecular weight excluding hydrogens is 426 g/mol. The van der Waals surface area contributed by atoms with Crippen LogP contribution in [0.3, 0.4) is 0 Å². The van der Waals surface area contributed by atoms with Crippen LogP contribution in [0, 0.1) is 11.8 Å². The number of aryl methyl sites for hydroxylation is 1. The molecule has 2 aromatic heterocycles. The summed E-state index contributed by atoms with van der Waals surface area (Å²) < 4.78 is 3.07. The van der Waals surface area contributed by atoms with Gasteiger partial charge in [-0.2, -0.15) is 0 Å². The largest absolute Gasteiger partial charge is 0.378 e. The van der Waals surface area contributed by atoms with Crippen molar-refractivity contribution in [2.75, 3.05) is 0 Å². The number of nitrogens with zero attached hydrogens (tertiary/aromatic N) is 3. The third-order valence-corrected chi connectivity index (χ3v) is 5.05. The van der Waals surface area contributed by atoms with E-state index in [-0.39, 0.29) is 0 Å². The summed E-state index contributed by atoms with van der Waals surface area (Å²) in [5, 5.41) is 10.8. The van der Waals surface area contributed by atoms with Gasteiger partial charge < -0.3 is 9.67 Å². The number of rotatable bonds is 2. The fourth-order valence-corrected chi connectivity index (χ4v) is 3.43. The molecule has 1 N–H and O–H groups in total. The monoisotopic (exact) mass is 445 g/mol. The Hall–Kier alpha value is -2.94. The summed E-state index contributed by atoms with van der Waals surface area (Å²) >= 11 is 3.49. The van der Waals surface area contributed by atoms with Crippen LogP contribution in [0.4, 0.5) is 0 Å². The van der Waals surface area contributed by atoms with Crippen molar-refractivity contribution in [2.45, 2.75) is 19.4 Å². The average Bonchev–Trinajstić information content (AvgIpc) is 3.07. The van der Waals surface area contributed by atoms with Crippen molar-refractivity contribution in [3.05, 3.63) is 71.1 Å². The van der Waals surface area contributed by atoms with Crippen LogP contribution in [0.25, 0.3) is 33.4 Å². The first kappa shape index (κ1) is 19.4. The number of benzene rings is 2. The molecule has 0 aliphatic rings. The molecule has 2 aromatic carbocycles. The Morgan fingerprint density at radius 2 is 1.72 bits per heavy atom. The minimum atomic E-state index is -1.04. The molecule has 4 aromatic rings. The van der Waals surface area contributed by atoms with Gasteiger partial charge in [0.05, 0.1) is 23.2 Å². The molecule has 144 valence electrons. The van der Waals surface area contributed by atoms with Gasteiger partial charge in [-0.1, -0.05) is 46.0 Å². The van der Waals surface area contributed by atoms with E-state index < -0.39 is 5.60 Å². The predicted molar refractivity (Wildman–Crippen MR) is 120 cm³/mol. The normalized spacial score (nSPS) is 11.3. The zero-order valence-electron chi connectivity index (χ0n) is 16.4. The van der Waals surface area contributed by atoms with Gasteiger partial charge in [0.2, 0.25) is 0 Å². The lowest BCUT2D eigenvalue weighted by Gasteiger charge is -2.09. The molecule has 4 rings (SSSR count). The Balaban J connectivity index is 1.81. The van der Waals surface area contributed by atoms with E-state index >= 15 is 0 Å². The maximum Gasteiger partial charge on any atom is 0.120 e. The molecule has 0 aliphatic carbocycles. The molecule has 0 spiro atoms. The second-order valence-corrected chi connectivity index (χ2v) is 8.42. The van der Waals surface area contributed by atoms with Crippen molar-refractivity contribution in [1.29, 1.82) is 0 Å². The molecule has 0 fully saturated rings. The second kappa shape index (κ2) is 7.47. The van der Waals surface area contributed by atoms with E-state index in [1.807, 2.05) is 42.2 Å². The molecule has 0 amide bonds. The summed E-state index contributed by atoms with van der Waals surface area (Å²) in [5.74, 6) is 5.84. The fourth-order valence-electron chi connectivity index (χ4n) is 3.16. The molecular formula is C24H20BrN3O. The minimum absolute atomic E-state index is 0.773. The number of pyridine rings is 1. The molecule has 0 unspecified atom stereocenters. The van der Waals surface area contributed by atoms with Crippen LogP contribution < -0.4 is 0 Å². The SMILES string of the molecule is Cn1cnc(-c2ccc(Br)cc2)c1-c1ccc2ncc(C#CC(C)(C)O)cc2c1. The number of hydrogen-bond donors (Lipinski definition) is 1. The van der Waals surface area contributed by atoms with Crippen molar-refractivity contribution in [1.82, 2.24) is 14.5 Å². The zero-order chi connectivity index (χ0) is 20.6. The first-order chi connectivity index (χ1) is 13.8. The maximum absolute atomic E-state index is 9.84. The van der Waals surface area contributed by atoms with Crippen molar-refractivity contribution in [2.24, 2.45) is 7.05 Å². The minimum Gasteiger partial charge on any atom is -0.378 e. The first-order valence-electron chi connectivity index (χ1n) is 9.23. The molecule has 2 heterocycles. The summed E-state index contributed by atoms with van der Waals surface area (Å²) in [4.78, 5) is 9.13. The van der Waals surface area contributed by atoms with Crippen molar-refractivity contribution >= 4 is 26.8 Å². The molecule has 0 atom stereocenters. The number of halogens is 1. The van der Waals surface area contributed by atoms with E-state index in [4.69, 9.17) is 0 Å². The third kappa shape index (κ3) is 4.24. The molecule has 29 heavy (non-hydrogen) atoms. The van der Waals surface area contributed by atoms with Crippen LogP contribution in [0.1, 0.15) is 19.4 Å². The number of aliphatic hydroxyl groups is 1. The summed E-state index contributed by atoms with van der Waals surface area (Å²) in [6.07, 6.45) is 3.57. The topological polar surface area (TPSA) is 50.9 Å². The Kier molecular flexibility index (Phi) is 4.99. The van der Waals surface area contributed by atoms with Crippen LogP contribution >= 0.6 is 15.9 Å².